The molecular formula is C26H26N4O3. The highest BCUT2D eigenvalue weighted by molar-refractivity contribution is 5.82. The number of carbonyl (C=O) groups excluding carboxylic acids is 1. The van der Waals surface area contributed by atoms with Crippen molar-refractivity contribution in [3.8, 4) is 22.6 Å². The van der Waals surface area contributed by atoms with E-state index in [2.05, 4.69) is 20.5 Å². The predicted octanol–water partition coefficient (Wildman–Crippen LogP) is 4.67. The van der Waals surface area contributed by atoms with Gasteiger partial charge in [-0.05, 0) is 19.3 Å². The van der Waals surface area contributed by atoms with E-state index in [1.54, 1.807) is 0 Å². The molecular weight excluding hydrogens is 416 g/mol. The molecule has 1 aliphatic rings. The Hall–Kier alpha value is -3.71. The highest BCUT2D eigenvalue weighted by Gasteiger charge is 2.29. The second kappa shape index (κ2) is 9.83. The van der Waals surface area contributed by atoms with Crippen LogP contribution < -0.4 is 5.32 Å². The lowest BCUT2D eigenvalue weighted by molar-refractivity contribution is -0.126. The summed E-state index contributed by atoms with van der Waals surface area (Å²) < 4.78 is 11.2. The van der Waals surface area contributed by atoms with Gasteiger partial charge in [0.15, 0.2) is 11.5 Å². The van der Waals surface area contributed by atoms with Gasteiger partial charge in [0.1, 0.15) is 0 Å². The van der Waals surface area contributed by atoms with Gasteiger partial charge in [-0.2, -0.15) is 0 Å². The third-order valence-electron chi connectivity index (χ3n) is 5.91. The van der Waals surface area contributed by atoms with Crippen LogP contribution in [0.2, 0.25) is 0 Å². The van der Waals surface area contributed by atoms with E-state index in [1.165, 1.54) is 0 Å². The zero-order valence-corrected chi connectivity index (χ0v) is 18.3. The Morgan fingerprint density at radius 2 is 1.36 bits per heavy atom. The van der Waals surface area contributed by atoms with Crippen LogP contribution in [-0.4, -0.2) is 33.7 Å². The first-order chi connectivity index (χ1) is 16.3. The number of amides is 1. The van der Waals surface area contributed by atoms with Gasteiger partial charge in [0, 0.05) is 42.9 Å². The fourth-order valence-corrected chi connectivity index (χ4v) is 4.21. The first-order valence-corrected chi connectivity index (χ1v) is 11.3. The van der Waals surface area contributed by atoms with Crippen molar-refractivity contribution in [1.82, 2.24) is 20.5 Å². The number of aromatic nitrogens is 2. The molecule has 168 valence electrons. The van der Waals surface area contributed by atoms with E-state index in [0.717, 1.165) is 41.8 Å². The molecule has 3 heterocycles. The minimum absolute atomic E-state index is 0.0473. The number of carbonyl (C=O) groups is 1. The van der Waals surface area contributed by atoms with Gasteiger partial charge in [-0.1, -0.05) is 71.0 Å². The maximum Gasteiger partial charge on any atom is 0.237 e. The molecule has 1 saturated heterocycles. The van der Waals surface area contributed by atoms with Crippen molar-refractivity contribution < 1.29 is 13.8 Å². The van der Waals surface area contributed by atoms with Crippen molar-refractivity contribution in [3.05, 3.63) is 84.2 Å². The number of nitrogens with one attached hydrogen (secondary N) is 1. The fourth-order valence-electron chi connectivity index (χ4n) is 4.21. The van der Waals surface area contributed by atoms with Crippen LogP contribution in [0.25, 0.3) is 22.6 Å². The van der Waals surface area contributed by atoms with E-state index in [1.807, 2.05) is 72.8 Å². The molecule has 0 saturated carbocycles. The molecule has 4 aromatic rings. The molecule has 1 N–H and O–H groups in total. The summed E-state index contributed by atoms with van der Waals surface area (Å²) in [4.78, 5) is 15.0. The van der Waals surface area contributed by atoms with Gasteiger partial charge in [-0.25, -0.2) is 0 Å². The maximum absolute atomic E-state index is 12.8. The van der Waals surface area contributed by atoms with Crippen molar-refractivity contribution in [2.45, 2.75) is 38.4 Å². The molecule has 0 bridgehead atoms. The lowest BCUT2D eigenvalue weighted by Gasteiger charge is -2.28. The lowest BCUT2D eigenvalue weighted by Crippen LogP contribution is -2.45. The molecule has 7 nitrogen and oxygen atoms in total. The van der Waals surface area contributed by atoms with Crippen molar-refractivity contribution >= 4 is 5.91 Å². The Balaban J connectivity index is 1.39. The van der Waals surface area contributed by atoms with Gasteiger partial charge in [0.05, 0.1) is 17.4 Å². The van der Waals surface area contributed by atoms with Gasteiger partial charge in [0.25, 0.3) is 0 Å². The minimum atomic E-state index is -0.263. The zero-order valence-electron chi connectivity index (χ0n) is 18.3. The first kappa shape index (κ1) is 21.2. The molecule has 1 fully saturated rings. The molecule has 2 aromatic heterocycles. The van der Waals surface area contributed by atoms with Crippen LogP contribution in [0.3, 0.4) is 0 Å². The van der Waals surface area contributed by atoms with Gasteiger partial charge < -0.3 is 14.4 Å². The number of nitrogens with zero attached hydrogens (tertiary/aromatic N) is 3. The highest BCUT2D eigenvalue weighted by Crippen LogP contribution is 2.25. The van der Waals surface area contributed by atoms with E-state index in [0.29, 0.717) is 31.2 Å². The van der Waals surface area contributed by atoms with E-state index in [9.17, 15) is 4.79 Å². The maximum atomic E-state index is 12.8. The first-order valence-electron chi connectivity index (χ1n) is 11.3. The summed E-state index contributed by atoms with van der Waals surface area (Å²) in [5.74, 6) is 1.47. The second-order valence-electron chi connectivity index (χ2n) is 8.30. The average Bonchev–Trinajstić information content (AvgIpc) is 3.47. The van der Waals surface area contributed by atoms with Crippen LogP contribution in [0.1, 0.15) is 30.7 Å². The normalized spacial score (nSPS) is 16.5. The number of rotatable bonds is 7. The lowest BCUT2D eigenvalue weighted by atomic mass is 10.1. The summed E-state index contributed by atoms with van der Waals surface area (Å²) in [6, 6.07) is 23.4. The molecule has 0 radical (unpaired) electrons. The largest absolute Gasteiger partial charge is 0.356 e. The summed E-state index contributed by atoms with van der Waals surface area (Å²) >= 11 is 0. The Kier molecular flexibility index (Phi) is 6.30. The number of benzene rings is 2. The topological polar surface area (TPSA) is 84.4 Å². The SMILES string of the molecule is O=C1NCCCC[C@@H]1N(Cc1cc(-c2ccccc2)on1)Cc1cc(-c2ccccc2)on1. The van der Waals surface area contributed by atoms with Crippen LogP contribution in [0.4, 0.5) is 0 Å². The Bertz CT molecular complexity index is 1110. The Labute approximate surface area is 192 Å². The van der Waals surface area contributed by atoms with Crippen LogP contribution >= 0.6 is 0 Å². The second-order valence-corrected chi connectivity index (χ2v) is 8.30. The summed E-state index contributed by atoms with van der Waals surface area (Å²) in [6.07, 6.45) is 2.76. The van der Waals surface area contributed by atoms with Gasteiger partial charge >= 0.3 is 0 Å². The van der Waals surface area contributed by atoms with Gasteiger partial charge in [-0.3, -0.25) is 9.69 Å². The summed E-state index contributed by atoms with van der Waals surface area (Å²) in [5, 5.41) is 11.6. The number of hydrogen-bond donors (Lipinski definition) is 1. The molecule has 33 heavy (non-hydrogen) atoms. The molecule has 1 atom stereocenters. The quantitative estimate of drug-likeness (QED) is 0.448. The van der Waals surface area contributed by atoms with Crippen LogP contribution in [0.15, 0.2) is 81.8 Å². The Morgan fingerprint density at radius 3 is 1.91 bits per heavy atom. The van der Waals surface area contributed by atoms with E-state index < -0.39 is 0 Å². The van der Waals surface area contributed by atoms with Crippen LogP contribution in [0.5, 0.6) is 0 Å². The molecule has 0 spiro atoms. The molecule has 0 aliphatic carbocycles. The average molecular weight is 443 g/mol. The Morgan fingerprint density at radius 1 is 0.818 bits per heavy atom. The molecule has 1 aliphatic heterocycles. The zero-order chi connectivity index (χ0) is 22.5. The van der Waals surface area contributed by atoms with Crippen LogP contribution in [0, 0.1) is 0 Å². The van der Waals surface area contributed by atoms with E-state index in [4.69, 9.17) is 9.05 Å². The van der Waals surface area contributed by atoms with Crippen molar-refractivity contribution in [1.29, 1.82) is 0 Å². The summed E-state index contributed by atoms with van der Waals surface area (Å²) in [6.45, 7) is 1.66. The predicted molar refractivity (Wildman–Crippen MR) is 124 cm³/mol. The molecule has 2 aromatic carbocycles. The summed E-state index contributed by atoms with van der Waals surface area (Å²) in [5.41, 5.74) is 3.49. The third kappa shape index (κ3) is 5.04. The number of hydrogen-bond acceptors (Lipinski definition) is 6. The standard InChI is InChI=1S/C26H26N4O3/c31-26-23(13-7-8-14-27-26)30(17-21-15-24(32-28-21)19-9-3-1-4-10-19)18-22-16-25(33-29-22)20-11-5-2-6-12-20/h1-6,9-12,15-16,23H,7-8,13-14,17-18H2,(H,27,31)/t23-/m0/s1. The molecule has 0 unspecified atom stereocenters. The van der Waals surface area contributed by atoms with Crippen molar-refractivity contribution in [3.63, 3.8) is 0 Å². The van der Waals surface area contributed by atoms with Gasteiger partial charge in [-0.15, -0.1) is 0 Å². The highest BCUT2D eigenvalue weighted by atomic mass is 16.5. The fraction of sp³-hybridized carbons (Fsp3) is 0.269. The summed E-state index contributed by atoms with van der Waals surface area (Å²) in [7, 11) is 0. The van der Waals surface area contributed by atoms with Gasteiger partial charge in [0.2, 0.25) is 5.91 Å². The monoisotopic (exact) mass is 442 g/mol. The molecule has 5 rings (SSSR count). The van der Waals surface area contributed by atoms with E-state index >= 15 is 0 Å². The third-order valence-corrected chi connectivity index (χ3v) is 5.91. The van der Waals surface area contributed by atoms with E-state index in [-0.39, 0.29) is 11.9 Å². The smallest absolute Gasteiger partial charge is 0.237 e. The van der Waals surface area contributed by atoms with Crippen molar-refractivity contribution in [2.24, 2.45) is 0 Å². The van der Waals surface area contributed by atoms with Crippen LogP contribution in [-0.2, 0) is 17.9 Å². The van der Waals surface area contributed by atoms with Crippen molar-refractivity contribution in [2.75, 3.05) is 6.54 Å². The minimum Gasteiger partial charge on any atom is -0.356 e. The molecule has 1 amide bonds. The molecule has 7 heteroatoms.